The highest BCUT2D eigenvalue weighted by molar-refractivity contribution is 9.09. The second-order valence-electron chi connectivity index (χ2n) is 4.69. The molecule has 106 valence electrons. The van der Waals surface area contributed by atoms with E-state index in [-0.39, 0.29) is 22.4 Å². The number of terminal acetylenes is 1. The van der Waals surface area contributed by atoms with Gasteiger partial charge in [-0.15, -0.1) is 18.0 Å². The third-order valence-corrected chi connectivity index (χ3v) is 4.39. The molecule has 0 radical (unpaired) electrons. The molecular weight excluding hydrogens is 328 g/mol. The van der Waals surface area contributed by atoms with Crippen LogP contribution in [0.2, 0.25) is 0 Å². The molecule has 0 aromatic carbocycles. The van der Waals surface area contributed by atoms with Crippen LogP contribution in [0.5, 0.6) is 0 Å². The summed E-state index contributed by atoms with van der Waals surface area (Å²) < 4.78 is 5.94. The minimum atomic E-state index is -0.411. The van der Waals surface area contributed by atoms with Gasteiger partial charge in [0.05, 0.1) is 23.7 Å². The fraction of sp³-hybridized carbons (Fsp3) is 0.600. The van der Waals surface area contributed by atoms with E-state index in [2.05, 4.69) is 21.9 Å². The Morgan fingerprint density at radius 1 is 1.58 bits per heavy atom. The van der Waals surface area contributed by atoms with Crippen molar-refractivity contribution in [3.8, 4) is 12.3 Å². The molecule has 1 aliphatic rings. The molecule has 5 atom stereocenters. The van der Waals surface area contributed by atoms with Gasteiger partial charge in [0.15, 0.2) is 0 Å². The highest BCUT2D eigenvalue weighted by atomic mass is 79.9. The average molecular weight is 348 g/mol. The first-order valence-electron chi connectivity index (χ1n) is 6.44. The van der Waals surface area contributed by atoms with Crippen molar-refractivity contribution in [3.63, 3.8) is 0 Å². The lowest BCUT2D eigenvalue weighted by atomic mass is 10.1. The SMILES string of the molecule is C#C/C=C/C[C@H]1O[C@H]([C@@H](Br)C/C=C/[C@H](C)O)C[C@H]1Cl. The number of alkyl halides is 2. The third kappa shape index (κ3) is 6.14. The molecule has 0 aliphatic carbocycles. The molecule has 1 heterocycles. The third-order valence-electron chi connectivity index (χ3n) is 2.97. The molecule has 0 unspecified atom stereocenters. The smallest absolute Gasteiger partial charge is 0.0778 e. The van der Waals surface area contributed by atoms with Crippen molar-refractivity contribution in [3.05, 3.63) is 24.3 Å². The highest BCUT2D eigenvalue weighted by Crippen LogP contribution is 2.32. The number of hydrogen-bond acceptors (Lipinski definition) is 2. The lowest BCUT2D eigenvalue weighted by molar-refractivity contribution is 0.0481. The Morgan fingerprint density at radius 3 is 2.95 bits per heavy atom. The maximum absolute atomic E-state index is 9.16. The van der Waals surface area contributed by atoms with E-state index in [4.69, 9.17) is 27.9 Å². The first kappa shape index (κ1) is 16.8. The van der Waals surface area contributed by atoms with Crippen LogP contribution in [0.4, 0.5) is 0 Å². The molecule has 2 nitrogen and oxygen atoms in total. The molecule has 0 bridgehead atoms. The van der Waals surface area contributed by atoms with Gasteiger partial charge in [-0.1, -0.05) is 40.1 Å². The molecule has 1 saturated heterocycles. The van der Waals surface area contributed by atoms with Crippen molar-refractivity contribution >= 4 is 27.5 Å². The number of hydrogen-bond donors (Lipinski definition) is 1. The van der Waals surface area contributed by atoms with Gasteiger partial charge in [0, 0.05) is 4.83 Å². The van der Waals surface area contributed by atoms with Crippen LogP contribution in [-0.4, -0.2) is 33.6 Å². The van der Waals surface area contributed by atoms with E-state index in [1.165, 1.54) is 0 Å². The number of allylic oxidation sites excluding steroid dienone is 2. The van der Waals surface area contributed by atoms with Gasteiger partial charge in [-0.2, -0.15) is 0 Å². The highest BCUT2D eigenvalue weighted by Gasteiger charge is 2.36. The predicted molar refractivity (Wildman–Crippen MR) is 83.7 cm³/mol. The number of aliphatic hydroxyl groups excluding tert-OH is 1. The Balaban J connectivity index is 2.40. The first-order chi connectivity index (χ1) is 9.04. The molecule has 0 saturated carbocycles. The quantitative estimate of drug-likeness (QED) is 0.453. The summed E-state index contributed by atoms with van der Waals surface area (Å²) in [6.45, 7) is 1.73. The second-order valence-corrected chi connectivity index (χ2v) is 6.43. The van der Waals surface area contributed by atoms with Crippen LogP contribution in [0.25, 0.3) is 0 Å². The van der Waals surface area contributed by atoms with Crippen molar-refractivity contribution in [2.45, 2.75) is 54.7 Å². The zero-order valence-electron chi connectivity index (χ0n) is 11.0. The summed E-state index contributed by atoms with van der Waals surface area (Å²) in [5, 5.41) is 9.18. The fourth-order valence-corrected chi connectivity index (χ4v) is 2.90. The maximum atomic E-state index is 9.16. The Bertz CT molecular complexity index is 360. The topological polar surface area (TPSA) is 29.5 Å². The van der Waals surface area contributed by atoms with E-state index in [1.807, 2.05) is 12.2 Å². The average Bonchev–Trinajstić information content (AvgIpc) is 2.71. The first-order valence-corrected chi connectivity index (χ1v) is 7.79. The van der Waals surface area contributed by atoms with Crippen molar-refractivity contribution in [1.82, 2.24) is 0 Å². The summed E-state index contributed by atoms with van der Waals surface area (Å²) in [5.41, 5.74) is 0. The second kappa shape index (κ2) is 8.81. The molecular formula is C15H20BrClO2. The van der Waals surface area contributed by atoms with Crippen LogP contribution in [0, 0.1) is 12.3 Å². The maximum Gasteiger partial charge on any atom is 0.0778 e. The number of halogens is 2. The molecule has 1 fully saturated rings. The summed E-state index contributed by atoms with van der Waals surface area (Å²) in [6.07, 6.45) is 14.6. The molecule has 0 aromatic heterocycles. The van der Waals surface area contributed by atoms with Crippen LogP contribution in [-0.2, 0) is 4.74 Å². The Hall–Kier alpha value is -0.270. The number of aliphatic hydroxyl groups is 1. The Morgan fingerprint density at radius 2 is 2.32 bits per heavy atom. The lowest BCUT2D eigenvalue weighted by Crippen LogP contribution is -2.21. The van der Waals surface area contributed by atoms with Crippen molar-refractivity contribution in [2.75, 3.05) is 0 Å². The summed E-state index contributed by atoms with van der Waals surface area (Å²) in [6, 6.07) is 0. The van der Waals surface area contributed by atoms with Crippen LogP contribution >= 0.6 is 27.5 Å². The normalized spacial score (nSPS) is 30.8. The molecule has 0 spiro atoms. The summed E-state index contributed by atoms with van der Waals surface area (Å²) >= 11 is 9.92. The van der Waals surface area contributed by atoms with Gasteiger partial charge in [0.2, 0.25) is 0 Å². The van der Waals surface area contributed by atoms with Crippen molar-refractivity contribution in [2.24, 2.45) is 0 Å². The van der Waals surface area contributed by atoms with E-state index in [0.29, 0.717) is 0 Å². The molecule has 4 heteroatoms. The van der Waals surface area contributed by atoms with E-state index < -0.39 is 6.10 Å². The largest absolute Gasteiger partial charge is 0.389 e. The van der Waals surface area contributed by atoms with Gasteiger partial charge in [-0.3, -0.25) is 0 Å². The lowest BCUT2D eigenvalue weighted by Gasteiger charge is -2.17. The van der Waals surface area contributed by atoms with E-state index in [0.717, 1.165) is 19.3 Å². The zero-order chi connectivity index (χ0) is 14.3. The molecule has 0 aromatic rings. The Labute approximate surface area is 129 Å². The van der Waals surface area contributed by atoms with Crippen LogP contribution < -0.4 is 0 Å². The fourth-order valence-electron chi connectivity index (χ4n) is 2.00. The van der Waals surface area contributed by atoms with Gasteiger partial charge < -0.3 is 9.84 Å². The monoisotopic (exact) mass is 346 g/mol. The zero-order valence-corrected chi connectivity index (χ0v) is 13.3. The van der Waals surface area contributed by atoms with Crippen LogP contribution in [0.1, 0.15) is 26.2 Å². The van der Waals surface area contributed by atoms with E-state index in [1.54, 1.807) is 19.1 Å². The minimum absolute atomic E-state index is 0.0215. The summed E-state index contributed by atoms with van der Waals surface area (Å²) in [5.74, 6) is 2.46. The molecule has 1 N–H and O–H groups in total. The van der Waals surface area contributed by atoms with Crippen molar-refractivity contribution < 1.29 is 9.84 Å². The van der Waals surface area contributed by atoms with Gasteiger partial charge in [0.25, 0.3) is 0 Å². The number of ether oxygens (including phenoxy) is 1. The van der Waals surface area contributed by atoms with Crippen LogP contribution in [0.15, 0.2) is 24.3 Å². The van der Waals surface area contributed by atoms with Gasteiger partial charge in [0.1, 0.15) is 0 Å². The van der Waals surface area contributed by atoms with E-state index >= 15 is 0 Å². The Kier molecular flexibility index (Phi) is 7.78. The van der Waals surface area contributed by atoms with Gasteiger partial charge in [-0.25, -0.2) is 0 Å². The van der Waals surface area contributed by atoms with Crippen LogP contribution in [0.3, 0.4) is 0 Å². The molecule has 1 aliphatic heterocycles. The standard InChI is InChI=1S/C15H20BrClO2/c1-3-4-5-9-14-13(17)10-15(19-14)12(16)8-6-7-11(2)18/h1,4-7,11-15,18H,8-10H2,2H3/b5-4+,7-6+/t11-,12-,13+,14+,15-/m0/s1. The molecule has 19 heavy (non-hydrogen) atoms. The van der Waals surface area contributed by atoms with Gasteiger partial charge in [-0.05, 0) is 32.3 Å². The molecule has 1 rings (SSSR count). The van der Waals surface area contributed by atoms with Gasteiger partial charge >= 0.3 is 0 Å². The summed E-state index contributed by atoms with van der Waals surface area (Å²) in [4.78, 5) is 0.213. The molecule has 0 amide bonds. The number of rotatable bonds is 6. The summed E-state index contributed by atoms with van der Waals surface area (Å²) in [7, 11) is 0. The predicted octanol–water partition coefficient (Wildman–Crippen LogP) is 3.42. The van der Waals surface area contributed by atoms with E-state index in [9.17, 15) is 0 Å². The minimum Gasteiger partial charge on any atom is -0.389 e. The van der Waals surface area contributed by atoms with Crippen molar-refractivity contribution in [1.29, 1.82) is 0 Å².